The summed E-state index contributed by atoms with van der Waals surface area (Å²) in [7, 11) is 1.60. The Hall–Kier alpha value is -2.54. The molecular formula is C25H32N2O4S. The maximum absolute atomic E-state index is 13.8. The Morgan fingerprint density at radius 3 is 2.53 bits per heavy atom. The SMILES string of the molecule is COc1cc([C@@H]2C(=O)N(C3CCCCC3)CC(=O)N2Cc2cccs2)ccc1OC(C)C. The van der Waals surface area contributed by atoms with E-state index in [0.29, 0.717) is 18.0 Å². The van der Waals surface area contributed by atoms with Crippen LogP contribution in [0.25, 0.3) is 0 Å². The largest absolute Gasteiger partial charge is 0.493 e. The second kappa shape index (κ2) is 9.94. The van der Waals surface area contributed by atoms with E-state index in [1.54, 1.807) is 23.3 Å². The topological polar surface area (TPSA) is 59.1 Å². The monoisotopic (exact) mass is 456 g/mol. The summed E-state index contributed by atoms with van der Waals surface area (Å²) in [6, 6.07) is 9.04. The van der Waals surface area contributed by atoms with Crippen molar-refractivity contribution in [2.24, 2.45) is 0 Å². The highest BCUT2D eigenvalue weighted by Gasteiger charge is 2.43. The third-order valence-electron chi connectivity index (χ3n) is 6.24. The number of hydrogen-bond donors (Lipinski definition) is 0. The molecule has 1 aliphatic heterocycles. The Balaban J connectivity index is 1.70. The molecule has 1 atom stereocenters. The van der Waals surface area contributed by atoms with Crippen LogP contribution in [0.3, 0.4) is 0 Å². The molecule has 1 aliphatic carbocycles. The number of piperazine rings is 1. The fraction of sp³-hybridized carbons (Fsp3) is 0.520. The van der Waals surface area contributed by atoms with Gasteiger partial charge in [-0.2, -0.15) is 0 Å². The molecule has 4 rings (SSSR count). The molecule has 2 fully saturated rings. The quantitative estimate of drug-likeness (QED) is 0.601. The molecule has 2 aliphatic rings. The third-order valence-corrected chi connectivity index (χ3v) is 7.10. The predicted molar refractivity (Wildman–Crippen MR) is 125 cm³/mol. The lowest BCUT2D eigenvalue weighted by Gasteiger charge is -2.44. The molecule has 2 heterocycles. The Labute approximate surface area is 194 Å². The minimum atomic E-state index is -0.665. The van der Waals surface area contributed by atoms with E-state index < -0.39 is 6.04 Å². The molecule has 0 radical (unpaired) electrons. The first kappa shape index (κ1) is 22.6. The van der Waals surface area contributed by atoms with Crippen molar-refractivity contribution in [2.75, 3.05) is 13.7 Å². The maximum Gasteiger partial charge on any atom is 0.250 e. The summed E-state index contributed by atoms with van der Waals surface area (Å²) in [5.41, 5.74) is 0.758. The molecule has 0 N–H and O–H groups in total. The van der Waals surface area contributed by atoms with Gasteiger partial charge in [-0.1, -0.05) is 31.4 Å². The number of hydrogen-bond acceptors (Lipinski definition) is 5. The number of carbonyl (C=O) groups excluding carboxylic acids is 2. The third kappa shape index (κ3) is 4.77. The second-order valence-corrected chi connectivity index (χ2v) is 9.87. The van der Waals surface area contributed by atoms with E-state index in [2.05, 4.69) is 0 Å². The average Bonchev–Trinajstić information content (AvgIpc) is 3.30. The first-order chi connectivity index (χ1) is 15.5. The minimum Gasteiger partial charge on any atom is -0.493 e. The molecule has 0 unspecified atom stereocenters. The molecule has 2 amide bonds. The van der Waals surface area contributed by atoms with Gasteiger partial charge < -0.3 is 19.3 Å². The highest BCUT2D eigenvalue weighted by molar-refractivity contribution is 7.09. The van der Waals surface area contributed by atoms with Gasteiger partial charge in [0.05, 0.1) is 19.8 Å². The van der Waals surface area contributed by atoms with Crippen molar-refractivity contribution >= 4 is 23.2 Å². The summed E-state index contributed by atoms with van der Waals surface area (Å²) in [6.45, 7) is 4.51. The Bertz CT molecular complexity index is 937. The number of carbonyl (C=O) groups is 2. The molecule has 1 saturated heterocycles. The van der Waals surface area contributed by atoms with Gasteiger partial charge in [-0.05, 0) is 55.8 Å². The summed E-state index contributed by atoms with van der Waals surface area (Å²) in [5, 5.41) is 2.00. The number of benzene rings is 1. The highest BCUT2D eigenvalue weighted by atomic mass is 32.1. The molecule has 1 aromatic heterocycles. The van der Waals surface area contributed by atoms with E-state index in [-0.39, 0.29) is 30.5 Å². The summed E-state index contributed by atoms with van der Waals surface area (Å²) in [5.74, 6) is 1.21. The van der Waals surface area contributed by atoms with Crippen LogP contribution in [0.15, 0.2) is 35.7 Å². The summed E-state index contributed by atoms with van der Waals surface area (Å²) in [4.78, 5) is 31.8. The molecule has 1 saturated carbocycles. The summed E-state index contributed by atoms with van der Waals surface area (Å²) in [6.07, 6.45) is 5.38. The number of nitrogens with zero attached hydrogens (tertiary/aromatic N) is 2. The molecule has 6 nitrogen and oxygen atoms in total. The zero-order valence-electron chi connectivity index (χ0n) is 19.1. The first-order valence-electron chi connectivity index (χ1n) is 11.4. The second-order valence-electron chi connectivity index (χ2n) is 8.84. The first-order valence-corrected chi connectivity index (χ1v) is 12.3. The van der Waals surface area contributed by atoms with Crippen LogP contribution in [0.1, 0.15) is 62.4 Å². The fourth-order valence-electron chi connectivity index (χ4n) is 4.73. The van der Waals surface area contributed by atoms with Gasteiger partial charge in [-0.25, -0.2) is 0 Å². The summed E-state index contributed by atoms with van der Waals surface area (Å²) < 4.78 is 11.4. The van der Waals surface area contributed by atoms with Gasteiger partial charge in [0, 0.05) is 10.9 Å². The van der Waals surface area contributed by atoms with Crippen LogP contribution >= 0.6 is 11.3 Å². The van der Waals surface area contributed by atoms with E-state index in [9.17, 15) is 9.59 Å². The number of rotatable bonds is 7. The van der Waals surface area contributed by atoms with Gasteiger partial charge in [-0.15, -0.1) is 11.3 Å². The van der Waals surface area contributed by atoms with Gasteiger partial charge in [-0.3, -0.25) is 9.59 Å². The van der Waals surface area contributed by atoms with Gasteiger partial charge in [0.15, 0.2) is 11.5 Å². The van der Waals surface area contributed by atoms with E-state index in [1.165, 1.54) is 6.42 Å². The van der Waals surface area contributed by atoms with Crippen LogP contribution < -0.4 is 9.47 Å². The van der Waals surface area contributed by atoms with E-state index in [0.717, 1.165) is 36.1 Å². The van der Waals surface area contributed by atoms with Crippen molar-refractivity contribution in [1.82, 2.24) is 9.80 Å². The number of methoxy groups -OCH3 is 1. The van der Waals surface area contributed by atoms with Crippen molar-refractivity contribution in [3.63, 3.8) is 0 Å². The molecule has 1 aromatic carbocycles. The Kier molecular flexibility index (Phi) is 7.04. The number of thiophene rings is 1. The molecule has 32 heavy (non-hydrogen) atoms. The fourth-order valence-corrected chi connectivity index (χ4v) is 5.43. The Morgan fingerprint density at radius 1 is 1.09 bits per heavy atom. The van der Waals surface area contributed by atoms with Gasteiger partial charge >= 0.3 is 0 Å². The van der Waals surface area contributed by atoms with Crippen molar-refractivity contribution in [2.45, 2.75) is 70.7 Å². The zero-order valence-corrected chi connectivity index (χ0v) is 19.9. The maximum atomic E-state index is 13.8. The zero-order chi connectivity index (χ0) is 22.7. The van der Waals surface area contributed by atoms with Crippen LogP contribution in [-0.2, 0) is 16.1 Å². The summed E-state index contributed by atoms with van der Waals surface area (Å²) >= 11 is 1.60. The van der Waals surface area contributed by atoms with Crippen molar-refractivity contribution < 1.29 is 19.1 Å². The van der Waals surface area contributed by atoms with Gasteiger partial charge in [0.1, 0.15) is 12.6 Å². The molecule has 2 aromatic rings. The van der Waals surface area contributed by atoms with Crippen molar-refractivity contribution in [1.29, 1.82) is 0 Å². The number of ether oxygens (including phenoxy) is 2. The average molecular weight is 457 g/mol. The molecular weight excluding hydrogens is 424 g/mol. The van der Waals surface area contributed by atoms with Crippen LogP contribution in [0.5, 0.6) is 11.5 Å². The van der Waals surface area contributed by atoms with Crippen molar-refractivity contribution in [3.05, 3.63) is 46.2 Å². The van der Waals surface area contributed by atoms with E-state index in [1.807, 2.05) is 54.5 Å². The van der Waals surface area contributed by atoms with Crippen LogP contribution in [0.2, 0.25) is 0 Å². The van der Waals surface area contributed by atoms with E-state index in [4.69, 9.17) is 9.47 Å². The molecule has 0 spiro atoms. The minimum absolute atomic E-state index is 0.00441. The van der Waals surface area contributed by atoms with Crippen molar-refractivity contribution in [3.8, 4) is 11.5 Å². The van der Waals surface area contributed by atoms with Crippen LogP contribution in [-0.4, -0.2) is 47.4 Å². The van der Waals surface area contributed by atoms with Gasteiger partial charge in [0.25, 0.3) is 5.91 Å². The van der Waals surface area contributed by atoms with Crippen LogP contribution in [0, 0.1) is 0 Å². The smallest absolute Gasteiger partial charge is 0.250 e. The lowest BCUT2D eigenvalue weighted by Crippen LogP contribution is -2.58. The predicted octanol–water partition coefficient (Wildman–Crippen LogP) is 4.79. The molecule has 172 valence electrons. The molecule has 7 heteroatoms. The normalized spacial score (nSPS) is 20.2. The van der Waals surface area contributed by atoms with E-state index >= 15 is 0 Å². The molecule has 0 bridgehead atoms. The number of amides is 2. The van der Waals surface area contributed by atoms with Crippen LogP contribution in [0.4, 0.5) is 0 Å². The highest BCUT2D eigenvalue weighted by Crippen LogP contribution is 2.37. The standard InChI is InChI=1S/C25H32N2O4S/c1-17(2)31-21-12-11-18(14-22(21)30-3)24-25(29)26(19-8-5-4-6-9-19)16-23(28)27(24)15-20-10-7-13-32-20/h7,10-14,17,19,24H,4-6,8-9,15-16H2,1-3H3/t24-/m1/s1. The van der Waals surface area contributed by atoms with Gasteiger partial charge in [0.2, 0.25) is 5.91 Å². The lowest BCUT2D eigenvalue weighted by molar-refractivity contribution is -0.159. The lowest BCUT2D eigenvalue weighted by atomic mass is 9.91. The Morgan fingerprint density at radius 2 is 1.88 bits per heavy atom.